The molecule has 1 N–H and O–H groups in total. The second kappa shape index (κ2) is 6.45. The fraction of sp³-hybridized carbons (Fsp3) is 0.125. The molecular weight excluding hydrogens is 417 g/mol. The van der Waals surface area contributed by atoms with E-state index in [0.29, 0.717) is 33.0 Å². The van der Waals surface area contributed by atoms with Gasteiger partial charge in [0.05, 0.1) is 21.5 Å². The number of amidine groups is 1. The highest BCUT2D eigenvalue weighted by Gasteiger charge is 2.33. The normalized spacial score (nSPS) is 17.3. The standard InChI is InChI=1S/C16H11Cl2N3O3S2/c17-11-3-2-10(8-12(11)18)19-15(22)9-1-4-13-14(7-9)25-16-20-26(23,24)6-5-21(13)16/h1-4,7-8H,5-6H2,(H,19,22). The van der Waals surface area contributed by atoms with E-state index in [-0.39, 0.29) is 11.7 Å². The van der Waals surface area contributed by atoms with Crippen molar-refractivity contribution in [1.29, 1.82) is 0 Å². The van der Waals surface area contributed by atoms with Crippen LogP contribution in [0.4, 0.5) is 11.4 Å². The minimum atomic E-state index is -3.41. The third kappa shape index (κ3) is 3.29. The van der Waals surface area contributed by atoms with Gasteiger partial charge in [0.1, 0.15) is 0 Å². The van der Waals surface area contributed by atoms with Crippen LogP contribution < -0.4 is 10.2 Å². The number of fused-ring (bicyclic) bond motifs is 3. The molecule has 0 saturated heterocycles. The van der Waals surface area contributed by atoms with E-state index < -0.39 is 10.0 Å². The molecule has 0 saturated carbocycles. The van der Waals surface area contributed by atoms with Crippen molar-refractivity contribution in [3.8, 4) is 0 Å². The van der Waals surface area contributed by atoms with Gasteiger partial charge in [-0.25, -0.2) is 8.42 Å². The first kappa shape index (κ1) is 17.7. The van der Waals surface area contributed by atoms with E-state index in [9.17, 15) is 13.2 Å². The summed E-state index contributed by atoms with van der Waals surface area (Å²) in [7, 11) is -3.41. The molecule has 10 heteroatoms. The average Bonchev–Trinajstić information content (AvgIpc) is 2.93. The van der Waals surface area contributed by atoms with Crippen molar-refractivity contribution in [3.05, 3.63) is 52.0 Å². The van der Waals surface area contributed by atoms with E-state index in [1.165, 1.54) is 11.8 Å². The maximum atomic E-state index is 12.5. The number of sulfonamides is 1. The summed E-state index contributed by atoms with van der Waals surface area (Å²) in [6, 6.07) is 10.1. The Morgan fingerprint density at radius 2 is 1.96 bits per heavy atom. The molecule has 134 valence electrons. The lowest BCUT2D eigenvalue weighted by atomic mass is 10.1. The fourth-order valence-electron chi connectivity index (χ4n) is 2.65. The number of hydrogen-bond acceptors (Lipinski definition) is 5. The lowest BCUT2D eigenvalue weighted by molar-refractivity contribution is 0.102. The zero-order valence-electron chi connectivity index (χ0n) is 13.1. The Morgan fingerprint density at radius 3 is 2.73 bits per heavy atom. The quantitative estimate of drug-likeness (QED) is 0.786. The number of carbonyl (C=O) groups excluding carboxylic acids is 1. The van der Waals surface area contributed by atoms with Gasteiger partial charge in [-0.15, -0.1) is 4.40 Å². The fourth-order valence-corrected chi connectivity index (χ4v) is 5.24. The number of amides is 1. The van der Waals surface area contributed by atoms with Crippen LogP contribution in [0.25, 0.3) is 0 Å². The molecule has 6 nitrogen and oxygen atoms in total. The van der Waals surface area contributed by atoms with Crippen molar-refractivity contribution in [2.45, 2.75) is 4.90 Å². The molecule has 2 aromatic rings. The number of halogens is 2. The number of nitrogens with one attached hydrogen (secondary N) is 1. The smallest absolute Gasteiger partial charge is 0.257 e. The number of benzene rings is 2. The minimum absolute atomic E-state index is 0.0178. The van der Waals surface area contributed by atoms with E-state index in [1.54, 1.807) is 36.4 Å². The first-order chi connectivity index (χ1) is 12.3. The monoisotopic (exact) mass is 427 g/mol. The average molecular weight is 428 g/mol. The summed E-state index contributed by atoms with van der Waals surface area (Å²) in [5.74, 6) is -0.318. The number of rotatable bonds is 2. The van der Waals surface area contributed by atoms with Gasteiger partial charge >= 0.3 is 0 Å². The van der Waals surface area contributed by atoms with E-state index in [2.05, 4.69) is 9.71 Å². The Labute approximate surface area is 164 Å². The molecule has 2 aliphatic heterocycles. The summed E-state index contributed by atoms with van der Waals surface area (Å²) >= 11 is 13.1. The SMILES string of the molecule is O=C(Nc1ccc(Cl)c(Cl)c1)c1ccc2c(c1)SC1=NS(=O)(=O)CCN12. The molecule has 2 heterocycles. The van der Waals surface area contributed by atoms with Crippen molar-refractivity contribution in [3.63, 3.8) is 0 Å². The molecule has 0 fully saturated rings. The number of nitrogens with zero attached hydrogens (tertiary/aromatic N) is 2. The van der Waals surface area contributed by atoms with Gasteiger partial charge in [0, 0.05) is 22.7 Å². The van der Waals surface area contributed by atoms with Gasteiger partial charge in [-0.2, -0.15) is 0 Å². The highest BCUT2D eigenvalue weighted by Crippen LogP contribution is 2.42. The van der Waals surface area contributed by atoms with Crippen LogP contribution in [0.3, 0.4) is 0 Å². The van der Waals surface area contributed by atoms with Gasteiger partial charge in [-0.1, -0.05) is 23.2 Å². The molecule has 1 amide bonds. The van der Waals surface area contributed by atoms with E-state index in [0.717, 1.165) is 10.6 Å². The third-order valence-corrected chi connectivity index (χ3v) is 6.96. The van der Waals surface area contributed by atoms with E-state index in [1.807, 2.05) is 4.90 Å². The number of thioether (sulfide) groups is 1. The van der Waals surface area contributed by atoms with Gasteiger partial charge in [-0.05, 0) is 48.2 Å². The predicted molar refractivity (Wildman–Crippen MR) is 105 cm³/mol. The highest BCUT2D eigenvalue weighted by molar-refractivity contribution is 8.15. The Kier molecular flexibility index (Phi) is 4.38. The topological polar surface area (TPSA) is 78.8 Å². The first-order valence-electron chi connectivity index (χ1n) is 7.51. The van der Waals surface area contributed by atoms with Crippen molar-refractivity contribution >= 4 is 67.4 Å². The zero-order valence-corrected chi connectivity index (χ0v) is 16.2. The lowest BCUT2D eigenvalue weighted by Crippen LogP contribution is -2.35. The summed E-state index contributed by atoms with van der Waals surface area (Å²) < 4.78 is 27.1. The largest absolute Gasteiger partial charge is 0.322 e. The van der Waals surface area contributed by atoms with Gasteiger partial charge in [0.25, 0.3) is 15.9 Å². The van der Waals surface area contributed by atoms with E-state index >= 15 is 0 Å². The zero-order chi connectivity index (χ0) is 18.5. The van der Waals surface area contributed by atoms with Gasteiger partial charge in [0.2, 0.25) is 0 Å². The maximum absolute atomic E-state index is 12.5. The van der Waals surface area contributed by atoms with Gasteiger partial charge in [-0.3, -0.25) is 4.79 Å². The second-order valence-electron chi connectivity index (χ2n) is 5.68. The summed E-state index contributed by atoms with van der Waals surface area (Å²) in [6.45, 7) is 0.357. The van der Waals surface area contributed by atoms with Crippen LogP contribution in [0.2, 0.25) is 10.0 Å². The lowest BCUT2D eigenvalue weighted by Gasteiger charge is -2.22. The Hall–Kier alpha value is -1.74. The van der Waals surface area contributed by atoms with Crippen LogP contribution in [-0.4, -0.2) is 31.8 Å². The molecule has 26 heavy (non-hydrogen) atoms. The van der Waals surface area contributed by atoms with Crippen LogP contribution in [0.5, 0.6) is 0 Å². The van der Waals surface area contributed by atoms with Crippen molar-refractivity contribution in [1.82, 2.24) is 0 Å². The van der Waals surface area contributed by atoms with Gasteiger partial charge < -0.3 is 10.2 Å². The van der Waals surface area contributed by atoms with Crippen LogP contribution >= 0.6 is 35.0 Å². The second-order valence-corrected chi connectivity index (χ2v) is 9.26. The summed E-state index contributed by atoms with van der Waals surface area (Å²) in [5, 5.41) is 3.95. The number of carbonyl (C=O) groups is 1. The van der Waals surface area contributed by atoms with Gasteiger partial charge in [0.15, 0.2) is 5.17 Å². The molecule has 0 radical (unpaired) electrons. The molecule has 0 bridgehead atoms. The maximum Gasteiger partial charge on any atom is 0.257 e. The predicted octanol–water partition coefficient (Wildman–Crippen LogP) is 3.86. The molecule has 2 aromatic carbocycles. The third-order valence-electron chi connectivity index (χ3n) is 3.91. The molecule has 2 aliphatic rings. The molecule has 0 unspecified atom stereocenters. The molecular formula is C16H11Cl2N3O3S2. The summed E-state index contributed by atoms with van der Waals surface area (Å²) in [6.07, 6.45) is 0. The van der Waals surface area contributed by atoms with Crippen LogP contribution in [0.15, 0.2) is 45.7 Å². The van der Waals surface area contributed by atoms with Crippen molar-refractivity contribution in [2.24, 2.45) is 4.40 Å². The molecule has 0 spiro atoms. The first-order valence-corrected chi connectivity index (χ1v) is 10.7. The van der Waals surface area contributed by atoms with Crippen LogP contribution in [0, 0.1) is 0 Å². The van der Waals surface area contributed by atoms with Crippen LogP contribution in [0.1, 0.15) is 10.4 Å². The summed E-state index contributed by atoms with van der Waals surface area (Å²) in [5.41, 5.74) is 1.84. The van der Waals surface area contributed by atoms with Crippen molar-refractivity contribution < 1.29 is 13.2 Å². The van der Waals surface area contributed by atoms with E-state index in [4.69, 9.17) is 23.2 Å². The molecule has 0 atom stereocenters. The molecule has 0 aliphatic carbocycles. The van der Waals surface area contributed by atoms with Crippen LogP contribution in [-0.2, 0) is 10.0 Å². The summed E-state index contributed by atoms with van der Waals surface area (Å²) in [4.78, 5) is 15.1. The molecule has 0 aromatic heterocycles. The highest BCUT2D eigenvalue weighted by atomic mass is 35.5. The molecule has 4 rings (SSSR count). The number of hydrogen-bond donors (Lipinski definition) is 1. The Bertz CT molecular complexity index is 1070. The Balaban J connectivity index is 1.59. The Morgan fingerprint density at radius 1 is 1.15 bits per heavy atom. The minimum Gasteiger partial charge on any atom is -0.322 e. The van der Waals surface area contributed by atoms with Crippen molar-refractivity contribution in [2.75, 3.05) is 22.5 Å². The number of anilines is 2.